The summed E-state index contributed by atoms with van der Waals surface area (Å²) in [5.41, 5.74) is 8.78. The number of benzene rings is 4. The van der Waals surface area contributed by atoms with Crippen molar-refractivity contribution in [3.8, 4) is 5.69 Å². The van der Waals surface area contributed by atoms with Gasteiger partial charge in [0.05, 0.1) is 22.4 Å². The number of halogens is 3. The third-order valence-electron chi connectivity index (χ3n) is 12.5. The van der Waals surface area contributed by atoms with Gasteiger partial charge in [-0.3, -0.25) is 4.79 Å². The van der Waals surface area contributed by atoms with Gasteiger partial charge in [-0.15, -0.1) is 28.5 Å². The third kappa shape index (κ3) is 7.83. The smallest absolute Gasteiger partial charge is 0.394 e. The van der Waals surface area contributed by atoms with Crippen LogP contribution in [0.5, 0.6) is 0 Å². The van der Waals surface area contributed by atoms with Crippen LogP contribution < -0.4 is 9.80 Å². The normalized spacial score (nSPS) is 14.0. The molecule has 0 bridgehead atoms. The van der Waals surface area contributed by atoms with Crippen LogP contribution in [0.15, 0.2) is 54.3 Å². The molecule has 1 aromatic heterocycles. The fourth-order valence-corrected chi connectivity index (χ4v) is 8.80. The van der Waals surface area contributed by atoms with E-state index in [0.29, 0.717) is 11.5 Å². The molecular formula is C49H60F3IrN3O2-2. The van der Waals surface area contributed by atoms with Crippen LogP contribution in [0, 0.1) is 43.8 Å². The van der Waals surface area contributed by atoms with Crippen molar-refractivity contribution in [2.45, 2.75) is 133 Å². The van der Waals surface area contributed by atoms with Crippen LogP contribution in [-0.2, 0) is 31.3 Å². The second-order valence-electron chi connectivity index (χ2n) is 17.4. The largest absolute Gasteiger partial charge is 0.512 e. The van der Waals surface area contributed by atoms with Crippen LogP contribution in [-0.4, -0.2) is 27.7 Å². The Hall–Kier alpha value is -3.81. The number of aliphatic hydroxyl groups is 1. The Balaban J connectivity index is 0.000000344. The Morgan fingerprint density at radius 2 is 1.50 bits per heavy atom. The molecule has 0 saturated carbocycles. The number of fused-ring (bicyclic) bond motifs is 7. The zero-order valence-corrected chi connectivity index (χ0v) is 38.6. The van der Waals surface area contributed by atoms with Gasteiger partial charge in [-0.1, -0.05) is 97.7 Å². The number of aryl methyl sites for hydroxylation is 2. The molecule has 58 heavy (non-hydrogen) atoms. The molecule has 2 aliphatic rings. The van der Waals surface area contributed by atoms with Gasteiger partial charge in [-0.25, -0.2) is 0 Å². The number of alkyl halides is 3. The Morgan fingerprint density at radius 3 is 2.07 bits per heavy atom. The SMILES string of the molecule is CCC(CC)C(=O)/C=C(\O)C(CC)CC.Cc1cc(C(C)C)cc2[c-]c3c(c(C)c12)-n1c2cc(CC(C)(C)C(F)(F)F)ccc2c2ccc4c(c21)N3[CH-]N4C(C)C.[Ir]. The molecule has 0 unspecified atom stereocenters. The molecule has 1 radical (unpaired) electrons. The van der Waals surface area contributed by atoms with E-state index in [1.54, 1.807) is 0 Å². The predicted octanol–water partition coefficient (Wildman–Crippen LogP) is 14.3. The van der Waals surface area contributed by atoms with Crippen LogP contribution in [0.1, 0.15) is 123 Å². The van der Waals surface area contributed by atoms with Gasteiger partial charge >= 0.3 is 6.18 Å². The molecule has 0 saturated heterocycles. The number of aromatic nitrogens is 1. The number of carbonyl (C=O) groups is 1. The zero-order chi connectivity index (χ0) is 41.9. The molecule has 5 aromatic rings. The second kappa shape index (κ2) is 17.0. The Labute approximate surface area is 357 Å². The van der Waals surface area contributed by atoms with Crippen molar-refractivity contribution >= 4 is 55.4 Å². The van der Waals surface area contributed by atoms with Crippen molar-refractivity contribution < 1.29 is 43.2 Å². The molecule has 9 heteroatoms. The minimum Gasteiger partial charge on any atom is -0.512 e. The van der Waals surface area contributed by atoms with Crippen molar-refractivity contribution in [2.24, 2.45) is 17.3 Å². The van der Waals surface area contributed by atoms with Crippen LogP contribution in [0.3, 0.4) is 0 Å². The van der Waals surface area contributed by atoms with E-state index < -0.39 is 11.6 Å². The first-order chi connectivity index (χ1) is 26.8. The molecule has 3 heterocycles. The first-order valence-electron chi connectivity index (χ1n) is 20.8. The molecule has 5 nitrogen and oxygen atoms in total. The van der Waals surface area contributed by atoms with E-state index in [-0.39, 0.29) is 55.9 Å². The molecule has 1 N–H and O–H groups in total. The van der Waals surface area contributed by atoms with Crippen molar-refractivity contribution in [2.75, 3.05) is 9.80 Å². The summed E-state index contributed by atoms with van der Waals surface area (Å²) in [7, 11) is 0. The summed E-state index contributed by atoms with van der Waals surface area (Å²) in [6.07, 6.45) is 0.532. The summed E-state index contributed by atoms with van der Waals surface area (Å²) < 4.78 is 44.0. The van der Waals surface area contributed by atoms with Gasteiger partial charge in [-0.05, 0) is 93.9 Å². The van der Waals surface area contributed by atoms with E-state index in [4.69, 9.17) is 0 Å². The van der Waals surface area contributed by atoms with Gasteiger partial charge in [0.2, 0.25) is 0 Å². The van der Waals surface area contributed by atoms with Gasteiger partial charge in [0.25, 0.3) is 0 Å². The summed E-state index contributed by atoms with van der Waals surface area (Å²) in [5.74, 6) is 0.943. The van der Waals surface area contributed by atoms with Gasteiger partial charge in [-0.2, -0.15) is 19.8 Å². The zero-order valence-electron chi connectivity index (χ0n) is 36.2. The van der Waals surface area contributed by atoms with Crippen molar-refractivity contribution in [3.05, 3.63) is 89.3 Å². The number of hydrogen-bond donors (Lipinski definition) is 1. The number of anilines is 3. The standard InChI is InChI=1S/C36H36F3N3.C13H24O2.Ir/c1-19(2)24-13-21(5)31-22(6)32-30(16-25(31)15-24)41-18-40(20(3)4)28-12-11-27-26-10-9-23(17-35(7,8)36(37,38)39)14-29(26)42(32)33(27)34(28)41;1-5-10(6-2)12(14)9-13(15)11(7-3)8-4;/h9-15,18-20H,17H2,1-8H3;9-11,14H,5-8H2,1-4H3;/q-2;;/b;12-9-;. The number of ketones is 1. The van der Waals surface area contributed by atoms with E-state index >= 15 is 0 Å². The van der Waals surface area contributed by atoms with Crippen LogP contribution in [0.25, 0.3) is 38.3 Å². The van der Waals surface area contributed by atoms with Gasteiger partial charge in [0, 0.05) is 60.0 Å². The van der Waals surface area contributed by atoms with E-state index in [2.05, 4.69) is 92.9 Å². The Morgan fingerprint density at radius 1 is 0.879 bits per heavy atom. The number of nitrogens with zero attached hydrogens (tertiary/aromatic N) is 3. The molecule has 0 spiro atoms. The van der Waals surface area contributed by atoms with E-state index in [9.17, 15) is 23.1 Å². The van der Waals surface area contributed by atoms with Gasteiger partial charge < -0.3 is 19.5 Å². The summed E-state index contributed by atoms with van der Waals surface area (Å²) in [6.45, 7) is 26.0. The van der Waals surface area contributed by atoms with Gasteiger partial charge in [0.1, 0.15) is 0 Å². The maximum atomic E-state index is 13.9. The molecule has 4 aromatic carbocycles. The van der Waals surface area contributed by atoms with Crippen molar-refractivity contribution in [3.63, 3.8) is 0 Å². The summed E-state index contributed by atoms with van der Waals surface area (Å²) in [5, 5.41) is 14.2. The Bertz CT molecular complexity index is 2360. The van der Waals surface area contributed by atoms with E-state index in [1.165, 1.54) is 36.4 Å². The average molecular weight is 972 g/mol. The first-order valence-corrected chi connectivity index (χ1v) is 20.8. The number of hydrogen-bond acceptors (Lipinski definition) is 4. The van der Waals surface area contributed by atoms with E-state index in [1.807, 2.05) is 45.9 Å². The summed E-state index contributed by atoms with van der Waals surface area (Å²) in [6, 6.07) is 18.8. The summed E-state index contributed by atoms with van der Waals surface area (Å²) in [4.78, 5) is 16.3. The average Bonchev–Trinajstić information content (AvgIpc) is 3.68. The molecule has 0 fully saturated rings. The molecule has 315 valence electrons. The quantitative estimate of drug-likeness (QED) is 0.0814. The maximum Gasteiger partial charge on any atom is 0.394 e. The van der Waals surface area contributed by atoms with Crippen molar-refractivity contribution in [1.29, 1.82) is 0 Å². The number of allylic oxidation sites excluding steroid dienone is 2. The summed E-state index contributed by atoms with van der Waals surface area (Å²) >= 11 is 0. The first kappa shape index (κ1) is 45.3. The number of aliphatic hydroxyl groups excluding tert-OH is 1. The van der Waals surface area contributed by atoms with E-state index in [0.717, 1.165) is 81.2 Å². The monoisotopic (exact) mass is 972 g/mol. The van der Waals surface area contributed by atoms with Crippen molar-refractivity contribution in [1.82, 2.24) is 4.57 Å². The molecule has 0 atom stereocenters. The molecule has 7 rings (SSSR count). The second-order valence-corrected chi connectivity index (χ2v) is 17.4. The maximum absolute atomic E-state index is 13.9. The minimum absolute atomic E-state index is 0. The fraction of sp³-hybridized carbons (Fsp3) is 0.469. The van der Waals surface area contributed by atoms with Gasteiger partial charge in [0.15, 0.2) is 5.78 Å². The van der Waals surface area contributed by atoms with Crippen LogP contribution in [0.4, 0.5) is 30.2 Å². The molecule has 2 aliphatic heterocycles. The van der Waals surface area contributed by atoms with Crippen LogP contribution in [0.2, 0.25) is 0 Å². The predicted molar refractivity (Wildman–Crippen MR) is 232 cm³/mol. The number of rotatable bonds is 11. The minimum atomic E-state index is -4.29. The number of carbonyl (C=O) groups excluding carboxylic acids is 1. The molecule has 0 amide bonds. The van der Waals surface area contributed by atoms with Crippen LogP contribution >= 0.6 is 0 Å². The topological polar surface area (TPSA) is 48.7 Å². The third-order valence-corrected chi connectivity index (χ3v) is 12.5. The molecular weight excluding hydrogens is 912 g/mol. The Kier molecular flexibility index (Phi) is 13.3. The molecule has 0 aliphatic carbocycles. The fourth-order valence-electron chi connectivity index (χ4n) is 8.80.